The second kappa shape index (κ2) is 4.58. The van der Waals surface area contributed by atoms with Crippen LogP contribution < -0.4 is 0 Å². The predicted molar refractivity (Wildman–Crippen MR) is 97.2 cm³/mol. The minimum Gasteiger partial charge on any atom is -0.392 e. The molecule has 2 N–H and O–H groups in total. The van der Waals surface area contributed by atoms with Crippen LogP contribution in [0.3, 0.4) is 0 Å². The van der Waals surface area contributed by atoms with E-state index in [1.807, 2.05) is 0 Å². The normalized spacial score (nSPS) is 65.5. The van der Waals surface area contributed by atoms with Gasteiger partial charge in [0.05, 0.1) is 12.2 Å². The fraction of sp³-hybridized carbons (Fsp3) is 0.955. The maximum absolute atomic E-state index is 13.0. The molecule has 7 bridgehead atoms. The summed E-state index contributed by atoms with van der Waals surface area (Å²) >= 11 is 0. The number of carbonyl (C=O) groups is 1. The molecule has 5 aliphatic carbocycles. The smallest absolute Gasteiger partial charge is 0.136 e. The average molecular weight is 360 g/mol. The summed E-state index contributed by atoms with van der Waals surface area (Å²) in [6.07, 6.45) is 3.97. The SMILES string of the molecule is CCN1C[C@]2(C)CC[C@H](O)[C@]34C1[C@H](C[C@@H]23)[C@]12C[C@@H](C(=O)CC14)[C@@H](C)[C@H]2O. The molecule has 11 atom stereocenters. The molecule has 4 nitrogen and oxygen atoms in total. The Morgan fingerprint density at radius 3 is 2.77 bits per heavy atom. The van der Waals surface area contributed by atoms with Crippen LogP contribution in [0.15, 0.2) is 0 Å². The lowest BCUT2D eigenvalue weighted by molar-refractivity contribution is -0.211. The Morgan fingerprint density at radius 1 is 1.27 bits per heavy atom. The molecule has 2 spiro atoms. The first-order chi connectivity index (χ1) is 12.3. The number of nitrogens with zero attached hydrogens (tertiary/aromatic N) is 1. The first-order valence-electron chi connectivity index (χ1n) is 10.9. The highest BCUT2D eigenvalue weighted by Crippen LogP contribution is 2.83. The summed E-state index contributed by atoms with van der Waals surface area (Å²) < 4.78 is 0. The van der Waals surface area contributed by atoms with Gasteiger partial charge in [-0.1, -0.05) is 20.8 Å². The van der Waals surface area contributed by atoms with Crippen LogP contribution >= 0.6 is 0 Å². The number of Topliss-reactive ketones (excluding diaryl/α,β-unsaturated/α-hetero) is 1. The summed E-state index contributed by atoms with van der Waals surface area (Å²) in [5, 5.41) is 22.9. The minimum atomic E-state index is -0.367. The minimum absolute atomic E-state index is 0.0547. The number of hydrogen-bond acceptors (Lipinski definition) is 4. The fourth-order valence-corrected chi connectivity index (χ4v) is 10.1. The van der Waals surface area contributed by atoms with Crippen LogP contribution in [-0.2, 0) is 4.79 Å². The molecule has 26 heavy (non-hydrogen) atoms. The average Bonchev–Trinajstić information content (AvgIpc) is 3.14. The first kappa shape index (κ1) is 16.5. The second-order valence-electron chi connectivity index (χ2n) is 11.1. The fourth-order valence-electron chi connectivity index (χ4n) is 10.1. The van der Waals surface area contributed by atoms with Gasteiger partial charge in [-0.15, -0.1) is 0 Å². The van der Waals surface area contributed by atoms with Crippen LogP contribution in [0.25, 0.3) is 0 Å². The molecule has 0 aromatic heterocycles. The highest BCUT2D eigenvalue weighted by Gasteiger charge is 2.85. The highest BCUT2D eigenvalue weighted by atomic mass is 16.3. The van der Waals surface area contributed by atoms with Gasteiger partial charge in [-0.05, 0) is 61.3 Å². The summed E-state index contributed by atoms with van der Waals surface area (Å²) in [4.78, 5) is 15.7. The third kappa shape index (κ3) is 1.37. The van der Waals surface area contributed by atoms with Crippen molar-refractivity contribution < 1.29 is 15.0 Å². The van der Waals surface area contributed by atoms with E-state index in [4.69, 9.17) is 0 Å². The van der Waals surface area contributed by atoms with Crippen LogP contribution in [0.2, 0.25) is 0 Å². The summed E-state index contributed by atoms with van der Waals surface area (Å²) in [6.45, 7) is 8.94. The van der Waals surface area contributed by atoms with Crippen molar-refractivity contribution in [2.24, 2.45) is 45.8 Å². The standard InChI is InChI=1S/C22H33NO3/c1-4-23-10-20(3)6-5-17(25)22-15(20)7-13(18(22)23)21-9-12(11(2)19(21)26)14(24)8-16(21)22/h11-13,15-19,25-26H,4-10H2,1-3H3/t11-,12-,13+,15+,16?,17+,18?,19-,20+,21-,22+/m1/s1. The van der Waals surface area contributed by atoms with E-state index in [2.05, 4.69) is 25.7 Å². The Hall–Kier alpha value is -0.450. The number of rotatable bonds is 1. The van der Waals surface area contributed by atoms with Crippen LogP contribution in [0.1, 0.15) is 52.9 Å². The van der Waals surface area contributed by atoms with Crippen molar-refractivity contribution in [1.29, 1.82) is 0 Å². The van der Waals surface area contributed by atoms with Gasteiger partial charge in [-0.3, -0.25) is 9.69 Å². The molecule has 1 aliphatic heterocycles. The van der Waals surface area contributed by atoms with Gasteiger partial charge in [0.2, 0.25) is 0 Å². The van der Waals surface area contributed by atoms with Gasteiger partial charge in [-0.25, -0.2) is 0 Å². The number of aliphatic hydroxyl groups excluding tert-OH is 2. The van der Waals surface area contributed by atoms with E-state index in [-0.39, 0.29) is 46.2 Å². The largest absolute Gasteiger partial charge is 0.392 e. The molecular formula is C22H33NO3. The van der Waals surface area contributed by atoms with Crippen molar-refractivity contribution in [3.63, 3.8) is 0 Å². The summed E-state index contributed by atoms with van der Waals surface area (Å²) in [7, 11) is 0. The molecule has 0 aromatic rings. The van der Waals surface area contributed by atoms with Gasteiger partial charge in [0, 0.05) is 35.8 Å². The molecule has 144 valence electrons. The summed E-state index contributed by atoms with van der Waals surface area (Å²) in [6, 6.07) is 0.373. The van der Waals surface area contributed by atoms with E-state index in [0.29, 0.717) is 30.1 Å². The van der Waals surface area contributed by atoms with E-state index >= 15 is 0 Å². The van der Waals surface area contributed by atoms with Gasteiger partial charge in [0.15, 0.2) is 0 Å². The van der Waals surface area contributed by atoms with Crippen LogP contribution in [0.5, 0.6) is 0 Å². The lowest BCUT2D eigenvalue weighted by Crippen LogP contribution is -2.68. The third-order valence-electron chi connectivity index (χ3n) is 10.8. The van der Waals surface area contributed by atoms with E-state index in [1.165, 1.54) is 0 Å². The van der Waals surface area contributed by atoms with E-state index in [0.717, 1.165) is 38.8 Å². The van der Waals surface area contributed by atoms with Crippen LogP contribution in [-0.4, -0.2) is 52.2 Å². The predicted octanol–water partition coefficient (Wildman–Crippen LogP) is 2.08. The Balaban J connectivity index is 1.61. The molecule has 0 amide bonds. The van der Waals surface area contributed by atoms with Gasteiger partial charge in [0.1, 0.15) is 5.78 Å². The van der Waals surface area contributed by atoms with E-state index in [1.54, 1.807) is 0 Å². The number of piperidine rings is 1. The van der Waals surface area contributed by atoms with Crippen LogP contribution in [0.4, 0.5) is 0 Å². The molecule has 0 radical (unpaired) electrons. The number of fused-ring (bicyclic) bond motifs is 1. The Labute approximate surface area is 156 Å². The quantitative estimate of drug-likeness (QED) is 0.753. The Morgan fingerprint density at radius 2 is 2.04 bits per heavy atom. The van der Waals surface area contributed by atoms with Gasteiger partial charge in [0.25, 0.3) is 0 Å². The molecule has 2 unspecified atom stereocenters. The maximum atomic E-state index is 13.0. The Bertz CT molecular complexity index is 695. The molecule has 6 rings (SSSR count). The molecule has 6 fully saturated rings. The molecular weight excluding hydrogens is 326 g/mol. The number of likely N-dealkylation sites (tertiary alicyclic amines) is 1. The van der Waals surface area contributed by atoms with Crippen molar-refractivity contribution in [2.75, 3.05) is 13.1 Å². The molecule has 1 heterocycles. The number of carbonyl (C=O) groups excluding carboxylic acids is 1. The van der Waals surface area contributed by atoms with Crippen molar-refractivity contribution in [1.82, 2.24) is 4.90 Å². The number of ketones is 1. The number of aliphatic hydroxyl groups is 2. The zero-order valence-corrected chi connectivity index (χ0v) is 16.3. The maximum Gasteiger partial charge on any atom is 0.136 e. The molecule has 0 aromatic carbocycles. The van der Waals surface area contributed by atoms with E-state index in [9.17, 15) is 15.0 Å². The molecule has 4 heteroatoms. The van der Waals surface area contributed by atoms with Crippen molar-refractivity contribution in [3.05, 3.63) is 0 Å². The van der Waals surface area contributed by atoms with Crippen molar-refractivity contribution in [3.8, 4) is 0 Å². The van der Waals surface area contributed by atoms with Crippen molar-refractivity contribution in [2.45, 2.75) is 71.1 Å². The van der Waals surface area contributed by atoms with Gasteiger partial charge in [-0.2, -0.15) is 0 Å². The van der Waals surface area contributed by atoms with Gasteiger partial charge < -0.3 is 10.2 Å². The zero-order chi connectivity index (χ0) is 18.2. The summed E-state index contributed by atoms with van der Waals surface area (Å²) in [5.74, 6) is 1.69. The van der Waals surface area contributed by atoms with E-state index < -0.39 is 0 Å². The van der Waals surface area contributed by atoms with Gasteiger partial charge >= 0.3 is 0 Å². The second-order valence-corrected chi connectivity index (χ2v) is 11.1. The van der Waals surface area contributed by atoms with Crippen molar-refractivity contribution >= 4 is 5.78 Å². The Kier molecular flexibility index (Phi) is 2.90. The highest BCUT2D eigenvalue weighted by molar-refractivity contribution is 5.84. The zero-order valence-electron chi connectivity index (χ0n) is 16.3. The third-order valence-corrected chi connectivity index (χ3v) is 10.8. The summed E-state index contributed by atoms with van der Waals surface area (Å²) in [5.41, 5.74) is -0.00901. The van der Waals surface area contributed by atoms with Crippen LogP contribution in [0, 0.1) is 45.8 Å². The molecule has 1 saturated heterocycles. The topological polar surface area (TPSA) is 60.8 Å². The molecule has 6 aliphatic rings. The first-order valence-corrected chi connectivity index (χ1v) is 10.9. The lowest BCUT2D eigenvalue weighted by atomic mass is 9.43. The monoisotopic (exact) mass is 359 g/mol. The lowest BCUT2D eigenvalue weighted by Gasteiger charge is -2.65. The number of hydrogen-bond donors (Lipinski definition) is 2. The molecule has 5 saturated carbocycles.